The first kappa shape index (κ1) is 8.98. The molecular formula is C12H10ClNO. The third-order valence-corrected chi connectivity index (χ3v) is 3.13. The molecule has 1 aromatic heterocycles. The predicted octanol–water partition coefficient (Wildman–Crippen LogP) is 3.13. The molecular weight excluding hydrogens is 210 g/mol. The van der Waals surface area contributed by atoms with Crippen molar-refractivity contribution in [2.75, 3.05) is 6.61 Å². The van der Waals surface area contributed by atoms with Crippen molar-refractivity contribution >= 4 is 22.5 Å². The number of nitrogens with zero attached hydrogens (tertiary/aromatic N) is 1. The summed E-state index contributed by atoms with van der Waals surface area (Å²) in [5.41, 5.74) is 3.10. The molecule has 3 heteroatoms. The molecule has 76 valence electrons. The van der Waals surface area contributed by atoms with E-state index < -0.39 is 0 Å². The van der Waals surface area contributed by atoms with Crippen molar-refractivity contribution in [3.8, 4) is 5.75 Å². The summed E-state index contributed by atoms with van der Waals surface area (Å²) in [6, 6.07) is 5.80. The van der Waals surface area contributed by atoms with Crippen LogP contribution in [0.5, 0.6) is 5.75 Å². The normalized spacial score (nSPS) is 14.0. The van der Waals surface area contributed by atoms with Gasteiger partial charge in [-0.3, -0.25) is 4.98 Å². The number of rotatable bonds is 0. The molecule has 0 radical (unpaired) electrons. The van der Waals surface area contributed by atoms with Gasteiger partial charge >= 0.3 is 0 Å². The third kappa shape index (κ3) is 1.21. The number of pyridine rings is 1. The molecule has 2 heterocycles. The topological polar surface area (TPSA) is 22.1 Å². The van der Waals surface area contributed by atoms with Gasteiger partial charge in [-0.1, -0.05) is 17.7 Å². The molecule has 2 nitrogen and oxygen atoms in total. The highest BCUT2D eigenvalue weighted by Crippen LogP contribution is 2.36. The van der Waals surface area contributed by atoms with E-state index in [9.17, 15) is 0 Å². The van der Waals surface area contributed by atoms with Gasteiger partial charge in [-0.15, -0.1) is 0 Å². The zero-order chi connectivity index (χ0) is 10.4. The molecule has 0 spiro atoms. The average Bonchev–Trinajstić information content (AvgIpc) is 2.69. The van der Waals surface area contributed by atoms with Gasteiger partial charge in [0.2, 0.25) is 0 Å². The standard InChI is InChI=1S/C12H10ClNO/c1-7-8-5-6-15-12(8)9-3-2-4-10(13)11(9)14-7/h2-4H,5-6H2,1H3. The van der Waals surface area contributed by atoms with Crippen LogP contribution in [-0.2, 0) is 6.42 Å². The van der Waals surface area contributed by atoms with Crippen molar-refractivity contribution in [2.45, 2.75) is 13.3 Å². The maximum absolute atomic E-state index is 6.11. The van der Waals surface area contributed by atoms with E-state index in [2.05, 4.69) is 4.98 Å². The Morgan fingerprint density at radius 1 is 1.40 bits per heavy atom. The molecule has 0 amide bonds. The summed E-state index contributed by atoms with van der Waals surface area (Å²) in [6.07, 6.45) is 0.955. The van der Waals surface area contributed by atoms with Crippen LogP contribution in [0.1, 0.15) is 11.3 Å². The van der Waals surface area contributed by atoms with E-state index >= 15 is 0 Å². The number of para-hydroxylation sites is 1. The largest absolute Gasteiger partial charge is 0.492 e. The first-order chi connectivity index (χ1) is 7.27. The molecule has 0 unspecified atom stereocenters. The quantitative estimate of drug-likeness (QED) is 0.679. The number of benzene rings is 1. The zero-order valence-electron chi connectivity index (χ0n) is 8.38. The number of fused-ring (bicyclic) bond motifs is 3. The maximum Gasteiger partial charge on any atom is 0.133 e. The fraction of sp³-hybridized carbons (Fsp3) is 0.250. The number of aromatic nitrogens is 1. The number of hydrogen-bond acceptors (Lipinski definition) is 2. The third-order valence-electron chi connectivity index (χ3n) is 2.82. The van der Waals surface area contributed by atoms with E-state index in [1.165, 1.54) is 5.56 Å². The Bertz CT molecular complexity index is 551. The van der Waals surface area contributed by atoms with Crippen LogP contribution in [0, 0.1) is 6.92 Å². The molecule has 0 fully saturated rings. The molecule has 15 heavy (non-hydrogen) atoms. The van der Waals surface area contributed by atoms with Crippen LogP contribution in [0.4, 0.5) is 0 Å². The Balaban J connectivity index is 2.48. The molecule has 1 aliphatic rings. The maximum atomic E-state index is 6.11. The van der Waals surface area contributed by atoms with Crippen LogP contribution >= 0.6 is 11.6 Å². The Morgan fingerprint density at radius 2 is 2.27 bits per heavy atom. The SMILES string of the molecule is Cc1nc2c(Cl)cccc2c2c1CCO2. The number of aryl methyl sites for hydroxylation is 1. The lowest BCUT2D eigenvalue weighted by Gasteiger charge is -2.07. The summed E-state index contributed by atoms with van der Waals surface area (Å²) in [5.74, 6) is 0.972. The second kappa shape index (κ2) is 3.11. The van der Waals surface area contributed by atoms with Gasteiger partial charge in [0.15, 0.2) is 0 Å². The Morgan fingerprint density at radius 3 is 3.13 bits per heavy atom. The van der Waals surface area contributed by atoms with Gasteiger partial charge in [0.05, 0.1) is 17.1 Å². The second-order valence-electron chi connectivity index (χ2n) is 3.74. The van der Waals surface area contributed by atoms with Crippen LogP contribution in [-0.4, -0.2) is 11.6 Å². The smallest absolute Gasteiger partial charge is 0.133 e. The Hall–Kier alpha value is -1.28. The van der Waals surface area contributed by atoms with Gasteiger partial charge in [0.1, 0.15) is 5.75 Å². The van der Waals surface area contributed by atoms with Crippen LogP contribution < -0.4 is 4.74 Å². The molecule has 0 atom stereocenters. The zero-order valence-corrected chi connectivity index (χ0v) is 9.14. The van der Waals surface area contributed by atoms with Gasteiger partial charge in [-0.25, -0.2) is 0 Å². The second-order valence-corrected chi connectivity index (χ2v) is 4.15. The van der Waals surface area contributed by atoms with Crippen molar-refractivity contribution in [1.82, 2.24) is 4.98 Å². The van der Waals surface area contributed by atoms with Crippen molar-refractivity contribution in [3.05, 3.63) is 34.5 Å². The van der Waals surface area contributed by atoms with Crippen LogP contribution in [0.15, 0.2) is 18.2 Å². The molecule has 0 aliphatic carbocycles. The van der Waals surface area contributed by atoms with Gasteiger partial charge < -0.3 is 4.74 Å². The van der Waals surface area contributed by atoms with Gasteiger partial charge in [0.25, 0.3) is 0 Å². The Kier molecular flexibility index (Phi) is 1.86. The van der Waals surface area contributed by atoms with Crippen molar-refractivity contribution < 1.29 is 4.74 Å². The lowest BCUT2D eigenvalue weighted by Crippen LogP contribution is -1.91. The lowest BCUT2D eigenvalue weighted by molar-refractivity contribution is 0.360. The van der Waals surface area contributed by atoms with E-state index in [0.29, 0.717) is 5.02 Å². The van der Waals surface area contributed by atoms with Crippen LogP contribution in [0.25, 0.3) is 10.9 Å². The molecule has 0 saturated heterocycles. The molecule has 0 bridgehead atoms. The van der Waals surface area contributed by atoms with E-state index in [1.807, 2.05) is 25.1 Å². The minimum atomic E-state index is 0.689. The molecule has 0 N–H and O–H groups in total. The summed E-state index contributed by atoms with van der Waals surface area (Å²) in [4.78, 5) is 4.53. The van der Waals surface area contributed by atoms with E-state index in [4.69, 9.17) is 16.3 Å². The molecule has 2 aromatic rings. The number of halogens is 1. The van der Waals surface area contributed by atoms with E-state index in [1.54, 1.807) is 0 Å². The summed E-state index contributed by atoms with van der Waals surface area (Å²) in [7, 11) is 0. The highest BCUT2D eigenvalue weighted by atomic mass is 35.5. The van der Waals surface area contributed by atoms with Crippen molar-refractivity contribution in [1.29, 1.82) is 0 Å². The molecule has 1 aliphatic heterocycles. The van der Waals surface area contributed by atoms with E-state index in [0.717, 1.165) is 35.4 Å². The summed E-state index contributed by atoms with van der Waals surface area (Å²) in [5, 5.41) is 1.72. The van der Waals surface area contributed by atoms with Gasteiger partial charge in [-0.2, -0.15) is 0 Å². The highest BCUT2D eigenvalue weighted by molar-refractivity contribution is 6.35. The lowest BCUT2D eigenvalue weighted by atomic mass is 10.1. The fourth-order valence-electron chi connectivity index (χ4n) is 2.09. The summed E-state index contributed by atoms with van der Waals surface area (Å²) in [6.45, 7) is 2.76. The minimum absolute atomic E-state index is 0.689. The van der Waals surface area contributed by atoms with Crippen LogP contribution in [0.2, 0.25) is 5.02 Å². The molecule has 1 aromatic carbocycles. The van der Waals surface area contributed by atoms with Crippen molar-refractivity contribution in [3.63, 3.8) is 0 Å². The molecule has 0 saturated carbocycles. The van der Waals surface area contributed by atoms with Crippen molar-refractivity contribution in [2.24, 2.45) is 0 Å². The summed E-state index contributed by atoms with van der Waals surface area (Å²) >= 11 is 6.11. The number of ether oxygens (including phenoxy) is 1. The predicted molar refractivity (Wildman–Crippen MR) is 60.7 cm³/mol. The monoisotopic (exact) mass is 219 g/mol. The van der Waals surface area contributed by atoms with E-state index in [-0.39, 0.29) is 0 Å². The highest BCUT2D eigenvalue weighted by Gasteiger charge is 2.19. The number of hydrogen-bond donors (Lipinski definition) is 0. The minimum Gasteiger partial charge on any atom is -0.492 e. The summed E-state index contributed by atoms with van der Waals surface area (Å²) < 4.78 is 5.65. The van der Waals surface area contributed by atoms with Crippen LogP contribution in [0.3, 0.4) is 0 Å². The fourth-order valence-corrected chi connectivity index (χ4v) is 2.31. The first-order valence-electron chi connectivity index (χ1n) is 4.98. The van der Waals surface area contributed by atoms with Gasteiger partial charge in [0, 0.05) is 23.1 Å². The average molecular weight is 220 g/mol. The van der Waals surface area contributed by atoms with Gasteiger partial charge in [-0.05, 0) is 19.1 Å². The first-order valence-corrected chi connectivity index (χ1v) is 5.35. The molecule has 3 rings (SSSR count). The Labute approximate surface area is 92.8 Å².